The highest BCUT2D eigenvalue weighted by molar-refractivity contribution is 9.09. The van der Waals surface area contributed by atoms with Gasteiger partial charge in [-0.15, -0.1) is 0 Å². The van der Waals surface area contributed by atoms with Gasteiger partial charge in [0.05, 0.1) is 0 Å². The Morgan fingerprint density at radius 1 is 1.44 bits per heavy atom. The van der Waals surface area contributed by atoms with Crippen LogP contribution in [0.1, 0.15) is 32.4 Å². The molecule has 2 rings (SSSR count). The van der Waals surface area contributed by atoms with Crippen LogP contribution in [0.3, 0.4) is 0 Å². The van der Waals surface area contributed by atoms with Gasteiger partial charge in [-0.2, -0.15) is 0 Å². The lowest BCUT2D eigenvalue weighted by atomic mass is 9.95. The highest BCUT2D eigenvalue weighted by Gasteiger charge is 2.12. The zero-order valence-electron chi connectivity index (χ0n) is 10.9. The molecule has 0 spiro atoms. The van der Waals surface area contributed by atoms with Gasteiger partial charge >= 0.3 is 0 Å². The van der Waals surface area contributed by atoms with Crippen LogP contribution in [0.15, 0.2) is 23.4 Å². The molecule has 1 aromatic rings. The van der Waals surface area contributed by atoms with Crippen molar-refractivity contribution in [3.05, 3.63) is 39.7 Å². The first-order chi connectivity index (χ1) is 8.65. The molecule has 1 aromatic heterocycles. The molecule has 18 heavy (non-hydrogen) atoms. The number of nitrogens with two attached hydrogens (primary N) is 1. The number of allylic oxidation sites excluding steroid dienone is 3. The van der Waals surface area contributed by atoms with E-state index in [0.717, 1.165) is 34.9 Å². The number of aromatic amines is 1. The minimum Gasteiger partial charge on any atom is -0.398 e. The molecule has 3 heteroatoms. The van der Waals surface area contributed by atoms with E-state index in [1.54, 1.807) is 0 Å². The third-order valence-electron chi connectivity index (χ3n) is 3.31. The summed E-state index contributed by atoms with van der Waals surface area (Å²) in [7, 11) is 0. The first-order valence-electron chi connectivity index (χ1n) is 6.23. The molecule has 0 unspecified atom stereocenters. The SMILES string of the molecule is C/C=c1/[nH]c(C2=C(N)C=C(C)CC2)c/c1=C/CBr. The van der Waals surface area contributed by atoms with Crippen LogP contribution >= 0.6 is 15.9 Å². The lowest BCUT2D eigenvalue weighted by Gasteiger charge is -2.14. The molecular weight excluding hydrogens is 288 g/mol. The standard InChI is InChI=1S/C15H19BrN2/c1-3-14-11(6-7-16)9-15(18-14)12-5-4-10(2)8-13(12)17/h3,6,8-9,18H,4-5,7,17H2,1-2H3/b11-6-,14-3+. The number of rotatable bonds is 2. The molecule has 0 amide bonds. The van der Waals surface area contributed by atoms with E-state index >= 15 is 0 Å². The van der Waals surface area contributed by atoms with Crippen molar-refractivity contribution in [2.75, 3.05) is 5.33 Å². The Balaban J connectivity index is 2.54. The van der Waals surface area contributed by atoms with Crippen LogP contribution in [0.5, 0.6) is 0 Å². The van der Waals surface area contributed by atoms with Crippen molar-refractivity contribution in [2.45, 2.75) is 26.7 Å². The van der Waals surface area contributed by atoms with Gasteiger partial charge in [0.2, 0.25) is 0 Å². The molecule has 0 saturated heterocycles. The number of aromatic nitrogens is 1. The average molecular weight is 307 g/mol. The lowest BCUT2D eigenvalue weighted by Crippen LogP contribution is -2.21. The van der Waals surface area contributed by atoms with Crippen molar-refractivity contribution in [1.82, 2.24) is 4.98 Å². The van der Waals surface area contributed by atoms with E-state index < -0.39 is 0 Å². The monoisotopic (exact) mass is 306 g/mol. The fraction of sp³-hybridized carbons (Fsp3) is 0.333. The zero-order chi connectivity index (χ0) is 13.1. The quantitative estimate of drug-likeness (QED) is 0.810. The van der Waals surface area contributed by atoms with Crippen molar-refractivity contribution in [3.8, 4) is 0 Å². The first kappa shape index (κ1) is 13.2. The highest BCUT2D eigenvalue weighted by Crippen LogP contribution is 2.27. The number of alkyl halides is 1. The minimum atomic E-state index is 0.860. The molecule has 2 nitrogen and oxygen atoms in total. The summed E-state index contributed by atoms with van der Waals surface area (Å²) in [5.41, 5.74) is 10.8. The van der Waals surface area contributed by atoms with Gasteiger partial charge in [0.25, 0.3) is 0 Å². The highest BCUT2D eigenvalue weighted by atomic mass is 79.9. The molecule has 0 atom stereocenters. The second kappa shape index (κ2) is 5.61. The average Bonchev–Trinajstić information content (AvgIpc) is 2.72. The first-order valence-corrected chi connectivity index (χ1v) is 7.35. The summed E-state index contributed by atoms with van der Waals surface area (Å²) in [6.45, 7) is 4.18. The summed E-state index contributed by atoms with van der Waals surface area (Å²) in [6.07, 6.45) is 8.46. The third-order valence-corrected chi connectivity index (χ3v) is 3.63. The summed E-state index contributed by atoms with van der Waals surface area (Å²) < 4.78 is 0. The third kappa shape index (κ3) is 2.61. The topological polar surface area (TPSA) is 41.8 Å². The summed E-state index contributed by atoms with van der Waals surface area (Å²) in [5.74, 6) is 0. The molecule has 1 aliphatic rings. The van der Waals surface area contributed by atoms with Gasteiger partial charge < -0.3 is 10.7 Å². The van der Waals surface area contributed by atoms with Gasteiger partial charge in [-0.05, 0) is 49.6 Å². The Bertz CT molecular complexity index is 617. The maximum absolute atomic E-state index is 6.13. The van der Waals surface area contributed by atoms with Crippen LogP contribution < -0.4 is 16.3 Å². The summed E-state index contributed by atoms with van der Waals surface area (Å²) in [4.78, 5) is 3.46. The van der Waals surface area contributed by atoms with Gasteiger partial charge in [-0.1, -0.05) is 33.7 Å². The molecule has 1 aliphatic carbocycles. The molecular formula is C15H19BrN2. The van der Waals surface area contributed by atoms with Crippen LogP contribution in [0.25, 0.3) is 17.7 Å². The Labute approximate surface area is 116 Å². The molecule has 96 valence electrons. The number of nitrogens with one attached hydrogen (secondary N) is 1. The van der Waals surface area contributed by atoms with Crippen LogP contribution in [0.4, 0.5) is 0 Å². The maximum atomic E-state index is 6.13. The van der Waals surface area contributed by atoms with Gasteiger partial charge in [-0.25, -0.2) is 0 Å². The largest absolute Gasteiger partial charge is 0.398 e. The number of hydrogen-bond donors (Lipinski definition) is 2. The van der Waals surface area contributed by atoms with Gasteiger partial charge in [0.15, 0.2) is 0 Å². The summed E-state index contributed by atoms with van der Waals surface area (Å²) in [5, 5.41) is 3.26. The van der Waals surface area contributed by atoms with Crippen LogP contribution in [-0.2, 0) is 0 Å². The Hall–Kier alpha value is -1.22. The van der Waals surface area contributed by atoms with Gasteiger partial charge in [-0.3, -0.25) is 0 Å². The van der Waals surface area contributed by atoms with E-state index in [1.165, 1.54) is 16.4 Å². The molecule has 1 heterocycles. The fourth-order valence-corrected chi connectivity index (χ4v) is 2.67. The van der Waals surface area contributed by atoms with E-state index in [2.05, 4.69) is 52.1 Å². The smallest absolute Gasteiger partial charge is 0.0444 e. The van der Waals surface area contributed by atoms with Crippen LogP contribution in [-0.4, -0.2) is 10.3 Å². The Kier molecular flexibility index (Phi) is 4.12. The summed E-state index contributed by atoms with van der Waals surface area (Å²) in [6, 6.07) is 2.19. The van der Waals surface area contributed by atoms with E-state index in [0.29, 0.717) is 0 Å². The predicted octanol–water partition coefficient (Wildman–Crippen LogP) is 2.40. The van der Waals surface area contributed by atoms with Crippen molar-refractivity contribution in [3.63, 3.8) is 0 Å². The fourth-order valence-electron chi connectivity index (χ4n) is 2.32. The van der Waals surface area contributed by atoms with E-state index in [1.807, 2.05) is 6.92 Å². The molecule has 0 fully saturated rings. The lowest BCUT2D eigenvalue weighted by molar-refractivity contribution is 0.951. The van der Waals surface area contributed by atoms with Crippen molar-refractivity contribution in [1.29, 1.82) is 0 Å². The van der Waals surface area contributed by atoms with Crippen LogP contribution in [0, 0.1) is 0 Å². The van der Waals surface area contributed by atoms with Gasteiger partial charge in [0, 0.05) is 22.1 Å². The maximum Gasteiger partial charge on any atom is 0.0444 e. The molecule has 0 radical (unpaired) electrons. The number of H-pyrrole nitrogens is 1. The summed E-state index contributed by atoms with van der Waals surface area (Å²) >= 11 is 3.44. The minimum absolute atomic E-state index is 0.860. The molecule has 0 aromatic carbocycles. The van der Waals surface area contributed by atoms with Crippen molar-refractivity contribution >= 4 is 33.7 Å². The second-order valence-electron chi connectivity index (χ2n) is 4.62. The predicted molar refractivity (Wildman–Crippen MR) is 82.5 cm³/mol. The Morgan fingerprint density at radius 2 is 2.22 bits per heavy atom. The molecule has 3 N–H and O–H groups in total. The zero-order valence-corrected chi connectivity index (χ0v) is 12.5. The van der Waals surface area contributed by atoms with Gasteiger partial charge in [0.1, 0.15) is 0 Å². The molecule has 0 saturated carbocycles. The number of halogens is 1. The number of hydrogen-bond acceptors (Lipinski definition) is 1. The van der Waals surface area contributed by atoms with Crippen molar-refractivity contribution in [2.24, 2.45) is 5.73 Å². The van der Waals surface area contributed by atoms with E-state index in [9.17, 15) is 0 Å². The van der Waals surface area contributed by atoms with E-state index in [4.69, 9.17) is 5.73 Å². The normalized spacial score (nSPS) is 18.5. The van der Waals surface area contributed by atoms with E-state index in [-0.39, 0.29) is 0 Å². The Morgan fingerprint density at radius 3 is 2.83 bits per heavy atom. The molecule has 0 aliphatic heterocycles. The molecule has 0 bridgehead atoms. The second-order valence-corrected chi connectivity index (χ2v) is 5.27. The van der Waals surface area contributed by atoms with Crippen LogP contribution in [0.2, 0.25) is 0 Å². The van der Waals surface area contributed by atoms with Crippen molar-refractivity contribution < 1.29 is 0 Å².